The third-order valence-corrected chi connectivity index (χ3v) is 2.83. The molecule has 0 N–H and O–H groups in total. The lowest BCUT2D eigenvalue weighted by molar-refractivity contribution is -0.133. The predicted octanol–water partition coefficient (Wildman–Crippen LogP) is 2.59. The SMILES string of the molecule is CCCc1cccc(C(C#N)(OC)C(C)=O)c1. The summed E-state index contributed by atoms with van der Waals surface area (Å²) in [6.07, 6.45) is 1.95. The standard InChI is InChI=1S/C14H17NO2/c1-4-6-12-7-5-8-13(9-12)14(10-15,17-3)11(2)16/h5,7-9H,4,6H2,1-3H3. The van der Waals surface area contributed by atoms with Crippen molar-refractivity contribution in [2.24, 2.45) is 0 Å². The Kier molecular flexibility index (Phi) is 4.42. The summed E-state index contributed by atoms with van der Waals surface area (Å²) in [5.74, 6) is -0.295. The molecule has 0 heterocycles. The Morgan fingerprint density at radius 1 is 1.53 bits per heavy atom. The number of methoxy groups -OCH3 is 1. The highest BCUT2D eigenvalue weighted by atomic mass is 16.5. The molecule has 0 spiro atoms. The van der Waals surface area contributed by atoms with E-state index in [-0.39, 0.29) is 5.78 Å². The molecule has 0 saturated heterocycles. The highest BCUT2D eigenvalue weighted by Crippen LogP contribution is 2.26. The molecule has 1 aromatic carbocycles. The zero-order valence-electron chi connectivity index (χ0n) is 10.5. The van der Waals surface area contributed by atoms with Gasteiger partial charge in [0.05, 0.1) is 0 Å². The fourth-order valence-corrected chi connectivity index (χ4v) is 1.89. The van der Waals surface area contributed by atoms with Gasteiger partial charge >= 0.3 is 0 Å². The van der Waals surface area contributed by atoms with E-state index in [1.165, 1.54) is 14.0 Å². The molecule has 3 nitrogen and oxygen atoms in total. The number of hydrogen-bond donors (Lipinski definition) is 0. The lowest BCUT2D eigenvalue weighted by Gasteiger charge is -2.22. The van der Waals surface area contributed by atoms with E-state index in [4.69, 9.17) is 4.74 Å². The smallest absolute Gasteiger partial charge is 0.237 e. The molecule has 0 aliphatic rings. The van der Waals surface area contributed by atoms with E-state index in [2.05, 4.69) is 6.92 Å². The average molecular weight is 231 g/mol. The second kappa shape index (κ2) is 5.60. The summed E-state index contributed by atoms with van der Waals surface area (Å²) in [6.45, 7) is 3.46. The van der Waals surface area contributed by atoms with Crippen molar-refractivity contribution in [2.45, 2.75) is 32.3 Å². The Balaban J connectivity index is 3.25. The maximum Gasteiger partial charge on any atom is 0.237 e. The Hall–Kier alpha value is -1.66. The van der Waals surface area contributed by atoms with Crippen molar-refractivity contribution < 1.29 is 9.53 Å². The molecule has 90 valence electrons. The number of carbonyl (C=O) groups is 1. The molecule has 0 amide bonds. The Labute approximate surface area is 102 Å². The largest absolute Gasteiger partial charge is 0.353 e. The normalized spacial score (nSPS) is 13.8. The molecule has 1 atom stereocenters. The van der Waals surface area contributed by atoms with Crippen molar-refractivity contribution in [2.75, 3.05) is 7.11 Å². The minimum absolute atomic E-state index is 0.295. The number of rotatable bonds is 5. The van der Waals surface area contributed by atoms with Gasteiger partial charge in [0.1, 0.15) is 6.07 Å². The zero-order valence-corrected chi connectivity index (χ0v) is 10.5. The number of nitrogens with zero attached hydrogens (tertiary/aromatic N) is 1. The molecule has 1 rings (SSSR count). The van der Waals surface area contributed by atoms with Crippen LogP contribution in [0.25, 0.3) is 0 Å². The number of hydrogen-bond acceptors (Lipinski definition) is 3. The van der Waals surface area contributed by atoms with Crippen LogP contribution in [0.1, 0.15) is 31.4 Å². The second-order valence-corrected chi connectivity index (χ2v) is 4.00. The van der Waals surface area contributed by atoms with E-state index in [0.29, 0.717) is 5.56 Å². The molecule has 0 aliphatic carbocycles. The molecule has 0 bridgehead atoms. The monoisotopic (exact) mass is 231 g/mol. The molecule has 0 fully saturated rings. The van der Waals surface area contributed by atoms with Gasteiger partial charge in [-0.15, -0.1) is 0 Å². The van der Waals surface area contributed by atoms with Crippen LogP contribution in [0, 0.1) is 11.3 Å². The lowest BCUT2D eigenvalue weighted by Crippen LogP contribution is -2.34. The molecular formula is C14H17NO2. The highest BCUT2D eigenvalue weighted by Gasteiger charge is 2.37. The first-order chi connectivity index (χ1) is 8.10. The van der Waals surface area contributed by atoms with Crippen molar-refractivity contribution in [3.8, 4) is 6.07 Å². The van der Waals surface area contributed by atoms with Crippen LogP contribution in [0.15, 0.2) is 24.3 Å². The first-order valence-electron chi connectivity index (χ1n) is 5.67. The first kappa shape index (κ1) is 13.4. The number of benzene rings is 1. The van der Waals surface area contributed by atoms with Crippen LogP contribution in [0.4, 0.5) is 0 Å². The average Bonchev–Trinajstić information content (AvgIpc) is 2.32. The molecule has 1 unspecified atom stereocenters. The number of Topliss-reactive ketones (excluding diaryl/α,β-unsaturated/α-hetero) is 1. The van der Waals surface area contributed by atoms with Crippen LogP contribution in [-0.4, -0.2) is 12.9 Å². The van der Waals surface area contributed by atoms with E-state index < -0.39 is 5.60 Å². The van der Waals surface area contributed by atoms with Gasteiger partial charge in [-0.3, -0.25) is 4.79 Å². The van der Waals surface area contributed by atoms with Crippen LogP contribution in [0.2, 0.25) is 0 Å². The number of carbonyl (C=O) groups excluding carboxylic acids is 1. The van der Waals surface area contributed by atoms with Crippen molar-refractivity contribution in [3.05, 3.63) is 35.4 Å². The Morgan fingerprint density at radius 2 is 2.24 bits per heavy atom. The third-order valence-electron chi connectivity index (χ3n) is 2.83. The van der Waals surface area contributed by atoms with Gasteiger partial charge in [-0.2, -0.15) is 5.26 Å². The molecule has 1 aromatic rings. The molecule has 0 aromatic heterocycles. The fourth-order valence-electron chi connectivity index (χ4n) is 1.89. The van der Waals surface area contributed by atoms with Crippen LogP contribution in [-0.2, 0) is 21.6 Å². The van der Waals surface area contributed by atoms with Gasteiger partial charge in [-0.1, -0.05) is 37.6 Å². The van der Waals surface area contributed by atoms with Gasteiger partial charge in [0, 0.05) is 12.7 Å². The van der Waals surface area contributed by atoms with Gasteiger partial charge in [-0.05, 0) is 18.9 Å². The molecule has 0 radical (unpaired) electrons. The third kappa shape index (κ3) is 2.54. The van der Waals surface area contributed by atoms with Gasteiger partial charge in [0.2, 0.25) is 5.60 Å². The summed E-state index contributed by atoms with van der Waals surface area (Å²) >= 11 is 0. The van der Waals surface area contributed by atoms with Crippen LogP contribution >= 0.6 is 0 Å². The molecule has 0 saturated carbocycles. The van der Waals surface area contributed by atoms with Gasteiger partial charge < -0.3 is 4.74 Å². The topological polar surface area (TPSA) is 50.1 Å². The number of aryl methyl sites for hydroxylation is 1. The second-order valence-electron chi connectivity index (χ2n) is 4.00. The number of nitriles is 1. The molecule has 0 aliphatic heterocycles. The van der Waals surface area contributed by atoms with Crippen molar-refractivity contribution in [3.63, 3.8) is 0 Å². The van der Waals surface area contributed by atoms with E-state index in [1.54, 1.807) is 6.07 Å². The minimum atomic E-state index is -1.47. The summed E-state index contributed by atoms with van der Waals surface area (Å²) < 4.78 is 5.16. The minimum Gasteiger partial charge on any atom is -0.353 e. The van der Waals surface area contributed by atoms with Crippen molar-refractivity contribution in [1.29, 1.82) is 5.26 Å². The molecular weight excluding hydrogens is 214 g/mol. The fraction of sp³-hybridized carbons (Fsp3) is 0.429. The maximum atomic E-state index is 11.7. The molecule has 17 heavy (non-hydrogen) atoms. The first-order valence-corrected chi connectivity index (χ1v) is 5.67. The number of ketones is 1. The van der Waals surface area contributed by atoms with Gasteiger partial charge in [-0.25, -0.2) is 0 Å². The predicted molar refractivity (Wildman–Crippen MR) is 65.4 cm³/mol. The maximum absolute atomic E-state index is 11.7. The summed E-state index contributed by atoms with van der Waals surface area (Å²) in [5.41, 5.74) is 0.257. The van der Waals surface area contributed by atoms with Crippen molar-refractivity contribution in [1.82, 2.24) is 0 Å². The van der Waals surface area contributed by atoms with Crippen LogP contribution in [0.5, 0.6) is 0 Å². The lowest BCUT2D eigenvalue weighted by atomic mass is 9.89. The van der Waals surface area contributed by atoms with Gasteiger partial charge in [0.25, 0.3) is 0 Å². The van der Waals surface area contributed by atoms with Gasteiger partial charge in [0.15, 0.2) is 5.78 Å². The van der Waals surface area contributed by atoms with E-state index in [1.807, 2.05) is 24.3 Å². The highest BCUT2D eigenvalue weighted by molar-refractivity contribution is 5.89. The van der Waals surface area contributed by atoms with Crippen LogP contribution < -0.4 is 0 Å². The number of ether oxygens (including phenoxy) is 1. The molecule has 3 heteroatoms. The summed E-state index contributed by atoms with van der Waals surface area (Å²) in [7, 11) is 1.39. The summed E-state index contributed by atoms with van der Waals surface area (Å²) in [5, 5.41) is 9.23. The summed E-state index contributed by atoms with van der Waals surface area (Å²) in [4.78, 5) is 11.7. The Morgan fingerprint density at radius 3 is 2.71 bits per heavy atom. The Bertz CT molecular complexity index is 448. The van der Waals surface area contributed by atoms with E-state index in [9.17, 15) is 10.1 Å². The quantitative estimate of drug-likeness (QED) is 0.782. The zero-order chi connectivity index (χ0) is 12.9. The summed E-state index contributed by atoms with van der Waals surface area (Å²) in [6, 6.07) is 9.45. The van der Waals surface area contributed by atoms with Crippen LogP contribution in [0.3, 0.4) is 0 Å². The van der Waals surface area contributed by atoms with Crippen molar-refractivity contribution >= 4 is 5.78 Å². The van der Waals surface area contributed by atoms with E-state index >= 15 is 0 Å². The van der Waals surface area contributed by atoms with E-state index in [0.717, 1.165) is 18.4 Å².